The summed E-state index contributed by atoms with van der Waals surface area (Å²) in [7, 11) is 3.13. The van der Waals surface area contributed by atoms with E-state index in [0.29, 0.717) is 34.7 Å². The van der Waals surface area contributed by atoms with E-state index in [-0.39, 0.29) is 18.2 Å². The van der Waals surface area contributed by atoms with Crippen molar-refractivity contribution in [3.63, 3.8) is 0 Å². The van der Waals surface area contributed by atoms with E-state index < -0.39 is 5.25 Å². The van der Waals surface area contributed by atoms with Crippen LogP contribution in [0.4, 0.5) is 5.69 Å². The Morgan fingerprint density at radius 3 is 2.78 bits per heavy atom. The lowest BCUT2D eigenvalue weighted by molar-refractivity contribution is -0.122. The van der Waals surface area contributed by atoms with Crippen molar-refractivity contribution in [1.29, 1.82) is 0 Å². The number of hydrogen-bond acceptors (Lipinski definition) is 8. The highest BCUT2D eigenvalue weighted by molar-refractivity contribution is 8.15. The molecular weight excluding hydrogens is 432 g/mol. The van der Waals surface area contributed by atoms with Gasteiger partial charge in [0.05, 0.1) is 27.0 Å². The van der Waals surface area contributed by atoms with Crippen molar-refractivity contribution in [2.75, 3.05) is 26.1 Å². The molecule has 10 heteroatoms. The average Bonchev–Trinajstić information content (AvgIpc) is 3.13. The lowest BCUT2D eigenvalue weighted by Crippen LogP contribution is -2.28. The molecule has 2 amide bonds. The second-order valence-corrected chi connectivity index (χ2v) is 7.76. The van der Waals surface area contributed by atoms with Gasteiger partial charge in [0.15, 0.2) is 16.7 Å². The Hall–Kier alpha value is -3.53. The molecular formula is C22H24N4O5S. The van der Waals surface area contributed by atoms with Crippen LogP contribution in [0.15, 0.2) is 52.7 Å². The first kappa shape index (κ1) is 23.1. The van der Waals surface area contributed by atoms with Crippen molar-refractivity contribution in [2.45, 2.75) is 18.6 Å². The maximum atomic E-state index is 12.3. The minimum atomic E-state index is -0.583. The van der Waals surface area contributed by atoms with Crippen molar-refractivity contribution in [2.24, 2.45) is 10.2 Å². The molecule has 0 aliphatic carbocycles. The summed E-state index contributed by atoms with van der Waals surface area (Å²) in [6.07, 6.45) is 1.55. The maximum absolute atomic E-state index is 12.3. The van der Waals surface area contributed by atoms with Gasteiger partial charge >= 0.3 is 0 Å². The number of hydrogen-bond donors (Lipinski definition) is 2. The fourth-order valence-electron chi connectivity index (χ4n) is 2.86. The number of thioether (sulfide) groups is 1. The zero-order valence-corrected chi connectivity index (χ0v) is 18.8. The number of benzene rings is 2. The van der Waals surface area contributed by atoms with Gasteiger partial charge in [0.2, 0.25) is 11.8 Å². The van der Waals surface area contributed by atoms with Crippen molar-refractivity contribution < 1.29 is 23.8 Å². The molecule has 2 aromatic carbocycles. The summed E-state index contributed by atoms with van der Waals surface area (Å²) in [5, 5.41) is 13.2. The van der Waals surface area contributed by atoms with Gasteiger partial charge in [-0.05, 0) is 42.8 Å². The number of anilines is 1. The van der Waals surface area contributed by atoms with Crippen molar-refractivity contribution >= 4 is 40.6 Å². The molecule has 1 atom stereocenters. The van der Waals surface area contributed by atoms with Gasteiger partial charge in [0, 0.05) is 18.2 Å². The van der Waals surface area contributed by atoms with Crippen LogP contribution in [-0.2, 0) is 9.59 Å². The van der Waals surface area contributed by atoms with E-state index in [1.165, 1.54) is 0 Å². The summed E-state index contributed by atoms with van der Waals surface area (Å²) in [6.45, 7) is 2.40. The summed E-state index contributed by atoms with van der Waals surface area (Å²) in [5.41, 5.74) is 1.37. The molecule has 1 aliphatic heterocycles. The van der Waals surface area contributed by atoms with Gasteiger partial charge in [-0.3, -0.25) is 9.59 Å². The number of amidine groups is 1. The first-order valence-corrected chi connectivity index (χ1v) is 10.7. The van der Waals surface area contributed by atoms with Crippen LogP contribution < -0.4 is 24.8 Å². The first-order chi connectivity index (χ1) is 15.5. The van der Waals surface area contributed by atoms with E-state index in [0.717, 1.165) is 17.3 Å². The third kappa shape index (κ3) is 6.24. The van der Waals surface area contributed by atoms with Gasteiger partial charge in [-0.1, -0.05) is 17.8 Å². The second-order valence-electron chi connectivity index (χ2n) is 6.57. The van der Waals surface area contributed by atoms with E-state index in [9.17, 15) is 9.59 Å². The normalized spacial score (nSPS) is 16.8. The van der Waals surface area contributed by atoms with Gasteiger partial charge in [0.1, 0.15) is 11.0 Å². The summed E-state index contributed by atoms with van der Waals surface area (Å²) < 4.78 is 15.9. The molecule has 1 saturated heterocycles. The molecule has 1 aliphatic rings. The number of ether oxygens (including phenoxy) is 3. The zero-order valence-electron chi connectivity index (χ0n) is 18.0. The molecule has 2 N–H and O–H groups in total. The predicted molar refractivity (Wildman–Crippen MR) is 125 cm³/mol. The summed E-state index contributed by atoms with van der Waals surface area (Å²) in [5.74, 6) is 1.31. The van der Waals surface area contributed by atoms with Crippen molar-refractivity contribution in [3.05, 3.63) is 48.0 Å². The van der Waals surface area contributed by atoms with Crippen LogP contribution in [-0.4, -0.2) is 49.3 Å². The number of carbonyl (C=O) groups is 2. The summed E-state index contributed by atoms with van der Waals surface area (Å²) in [4.78, 5) is 24.5. The number of carbonyl (C=O) groups excluding carboxylic acids is 2. The molecule has 3 rings (SSSR count). The number of rotatable bonds is 9. The largest absolute Gasteiger partial charge is 0.497 e. The van der Waals surface area contributed by atoms with Gasteiger partial charge in [0.25, 0.3) is 0 Å². The summed E-state index contributed by atoms with van der Waals surface area (Å²) in [6, 6.07) is 12.4. The highest BCUT2D eigenvalue weighted by Crippen LogP contribution is 2.28. The van der Waals surface area contributed by atoms with Gasteiger partial charge in [-0.2, -0.15) is 5.10 Å². The molecule has 9 nitrogen and oxygen atoms in total. The van der Waals surface area contributed by atoms with Gasteiger partial charge < -0.3 is 24.8 Å². The van der Waals surface area contributed by atoms with Crippen LogP contribution in [0, 0.1) is 0 Å². The van der Waals surface area contributed by atoms with Crippen LogP contribution in [0.3, 0.4) is 0 Å². The molecule has 0 saturated carbocycles. The SMILES string of the molecule is CCOc1cc(/C=N\N=C2\NC(=O)[C@H](CC(=O)Nc3cccc(OC)c3)S2)ccc1OC. The predicted octanol–water partition coefficient (Wildman–Crippen LogP) is 3.05. The first-order valence-electron chi connectivity index (χ1n) is 9.85. The van der Waals surface area contributed by atoms with Crippen molar-refractivity contribution in [1.82, 2.24) is 5.32 Å². The van der Waals surface area contributed by atoms with E-state index in [2.05, 4.69) is 20.8 Å². The molecule has 2 aromatic rings. The highest BCUT2D eigenvalue weighted by Gasteiger charge is 2.32. The smallest absolute Gasteiger partial charge is 0.240 e. The van der Waals surface area contributed by atoms with Crippen LogP contribution in [0.5, 0.6) is 17.2 Å². The zero-order chi connectivity index (χ0) is 22.9. The van der Waals surface area contributed by atoms with Gasteiger partial charge in [-0.25, -0.2) is 0 Å². The Labute approximate surface area is 190 Å². The standard InChI is InChI=1S/C22H24N4O5S/c1-4-31-18-10-14(8-9-17(18)30-3)13-23-26-22-25-21(28)19(32-22)12-20(27)24-15-6-5-7-16(11-15)29-2/h5-11,13,19H,4,12H2,1-3H3,(H,24,27)(H,25,26,28)/b23-13-/t19-/m0/s1. The molecule has 168 valence electrons. The van der Waals surface area contributed by atoms with Crippen molar-refractivity contribution in [3.8, 4) is 17.2 Å². The maximum Gasteiger partial charge on any atom is 0.240 e. The van der Waals surface area contributed by atoms with Crippen LogP contribution >= 0.6 is 11.8 Å². The van der Waals surface area contributed by atoms with E-state index in [1.807, 2.05) is 13.0 Å². The van der Waals surface area contributed by atoms with Crippen LogP contribution in [0.25, 0.3) is 0 Å². The fraction of sp³-hybridized carbons (Fsp3) is 0.273. The molecule has 1 heterocycles. The molecule has 0 spiro atoms. The fourth-order valence-corrected chi connectivity index (χ4v) is 3.78. The Bertz CT molecular complexity index is 1040. The lowest BCUT2D eigenvalue weighted by Gasteiger charge is -2.09. The third-order valence-electron chi connectivity index (χ3n) is 4.34. The number of nitrogens with zero attached hydrogens (tertiary/aromatic N) is 2. The third-order valence-corrected chi connectivity index (χ3v) is 5.42. The number of nitrogens with one attached hydrogen (secondary N) is 2. The molecule has 0 aromatic heterocycles. The molecule has 0 unspecified atom stereocenters. The Morgan fingerprint density at radius 2 is 2.03 bits per heavy atom. The molecule has 0 bridgehead atoms. The summed E-state index contributed by atoms with van der Waals surface area (Å²) >= 11 is 1.16. The minimum Gasteiger partial charge on any atom is -0.497 e. The quantitative estimate of drug-likeness (QED) is 0.443. The van der Waals surface area contributed by atoms with Crippen LogP contribution in [0.2, 0.25) is 0 Å². The average molecular weight is 457 g/mol. The van der Waals surface area contributed by atoms with E-state index >= 15 is 0 Å². The number of amides is 2. The monoisotopic (exact) mass is 456 g/mol. The highest BCUT2D eigenvalue weighted by atomic mass is 32.2. The molecule has 1 fully saturated rings. The Kier molecular flexibility index (Phi) is 8.09. The topological polar surface area (TPSA) is 111 Å². The molecule has 0 radical (unpaired) electrons. The second kappa shape index (κ2) is 11.2. The van der Waals surface area contributed by atoms with E-state index in [1.54, 1.807) is 56.8 Å². The Balaban J connectivity index is 1.57. The van der Waals surface area contributed by atoms with Crippen LogP contribution in [0.1, 0.15) is 18.9 Å². The lowest BCUT2D eigenvalue weighted by atomic mass is 10.2. The van der Waals surface area contributed by atoms with Gasteiger partial charge in [-0.15, -0.1) is 5.10 Å². The minimum absolute atomic E-state index is 0.00659. The number of methoxy groups -OCH3 is 2. The Morgan fingerprint density at radius 1 is 1.19 bits per heavy atom. The van der Waals surface area contributed by atoms with E-state index in [4.69, 9.17) is 14.2 Å². The molecule has 32 heavy (non-hydrogen) atoms.